The lowest BCUT2D eigenvalue weighted by molar-refractivity contribution is -0.347. The predicted octanol–water partition coefficient (Wildman–Crippen LogP) is 1.74. The van der Waals surface area contributed by atoms with Gasteiger partial charge in [-0.3, -0.25) is 0 Å². The summed E-state index contributed by atoms with van der Waals surface area (Å²) in [7, 11) is 16.0. The second-order valence-electron chi connectivity index (χ2n) is 4.84. The Kier molecular flexibility index (Phi) is 5.36. The summed E-state index contributed by atoms with van der Waals surface area (Å²) in [6.07, 6.45) is -15.7. The summed E-state index contributed by atoms with van der Waals surface area (Å²) in [5.41, 5.74) is -5.99. The van der Waals surface area contributed by atoms with Crippen molar-refractivity contribution < 1.29 is 36.6 Å². The Morgan fingerprint density at radius 2 is 1.48 bits per heavy atom. The number of halogens is 7. The summed E-state index contributed by atoms with van der Waals surface area (Å²) in [5, 5.41) is 16.7. The van der Waals surface area contributed by atoms with Gasteiger partial charge in [-0.25, -0.2) is 0 Å². The van der Waals surface area contributed by atoms with E-state index in [1.165, 1.54) is 0 Å². The van der Waals surface area contributed by atoms with Gasteiger partial charge in [-0.15, -0.1) is 5.11 Å². The summed E-state index contributed by atoms with van der Waals surface area (Å²) >= 11 is 2.76. The molecule has 0 heterocycles. The summed E-state index contributed by atoms with van der Waals surface area (Å²) in [5.74, 6) is 0. The van der Waals surface area contributed by atoms with Crippen molar-refractivity contribution in [1.29, 1.82) is 0 Å². The zero-order valence-electron chi connectivity index (χ0n) is 11.1. The van der Waals surface area contributed by atoms with E-state index in [0.29, 0.717) is 12.1 Å². The Bertz CT molecular complexity index is 587. The number of aliphatic hydroxyl groups excluding tert-OH is 1. The van der Waals surface area contributed by atoms with Crippen LogP contribution < -0.4 is 0 Å². The van der Waals surface area contributed by atoms with Gasteiger partial charge in [-0.05, 0) is 11.6 Å². The van der Waals surface area contributed by atoms with Gasteiger partial charge in [0.15, 0.2) is 6.10 Å². The first-order chi connectivity index (χ1) is 10.0. The topological polar surface area (TPSA) is 40.5 Å². The molecular weight excluding hydrogens is 390 g/mol. The molecular formula is C11H6B3BrF6O2. The molecule has 0 aromatic heterocycles. The van der Waals surface area contributed by atoms with Crippen LogP contribution in [0.25, 0.3) is 0 Å². The summed E-state index contributed by atoms with van der Waals surface area (Å²) in [4.78, 5) is 0. The van der Waals surface area contributed by atoms with Crippen LogP contribution in [-0.2, 0) is 10.7 Å². The lowest BCUT2D eigenvalue weighted by Gasteiger charge is -2.36. The molecule has 1 aromatic rings. The third-order valence-corrected chi connectivity index (χ3v) is 3.67. The Hall–Kier alpha value is -0.605. The average molecular weight is 396 g/mol. The Morgan fingerprint density at radius 3 is 1.78 bits per heavy atom. The SMILES string of the molecule is [B]C([B])([B])c1ccc(C(O)(C(O)C(F)(F)F)C(F)(F)F)cc1Br. The molecule has 120 valence electrons. The van der Waals surface area contributed by atoms with Gasteiger partial charge in [0.1, 0.15) is 0 Å². The second-order valence-corrected chi connectivity index (χ2v) is 5.69. The van der Waals surface area contributed by atoms with Gasteiger partial charge in [0.2, 0.25) is 5.60 Å². The first-order valence-corrected chi connectivity index (χ1v) is 6.53. The van der Waals surface area contributed by atoms with Crippen LogP contribution in [0.15, 0.2) is 22.7 Å². The highest BCUT2D eigenvalue weighted by Crippen LogP contribution is 2.47. The molecule has 2 unspecified atom stereocenters. The van der Waals surface area contributed by atoms with E-state index in [4.69, 9.17) is 28.6 Å². The van der Waals surface area contributed by atoms with Crippen LogP contribution in [-0.4, -0.2) is 52.2 Å². The molecule has 0 fully saturated rings. The molecule has 0 bridgehead atoms. The lowest BCUT2D eigenvalue weighted by Crippen LogP contribution is -2.57. The minimum atomic E-state index is -5.83. The molecule has 1 aromatic carbocycles. The third kappa shape index (κ3) is 3.91. The quantitative estimate of drug-likeness (QED) is 0.604. The third-order valence-electron chi connectivity index (χ3n) is 3.01. The van der Waals surface area contributed by atoms with Crippen molar-refractivity contribution in [2.75, 3.05) is 0 Å². The minimum absolute atomic E-state index is 0.132. The van der Waals surface area contributed by atoms with Gasteiger partial charge < -0.3 is 10.2 Å². The van der Waals surface area contributed by atoms with Crippen LogP contribution in [0, 0.1) is 0 Å². The number of alkyl halides is 6. The summed E-state index contributed by atoms with van der Waals surface area (Å²) in [6, 6.07) is 1.79. The van der Waals surface area contributed by atoms with E-state index in [1.807, 2.05) is 0 Å². The maximum absolute atomic E-state index is 13.0. The van der Waals surface area contributed by atoms with Gasteiger partial charge in [-0.2, -0.15) is 26.3 Å². The molecule has 0 aliphatic heterocycles. The molecule has 0 amide bonds. The predicted molar refractivity (Wildman–Crippen MR) is 75.1 cm³/mol. The molecule has 23 heavy (non-hydrogen) atoms. The highest BCUT2D eigenvalue weighted by molar-refractivity contribution is 9.10. The molecule has 12 heteroatoms. The van der Waals surface area contributed by atoms with Crippen molar-refractivity contribution in [2.24, 2.45) is 0 Å². The number of hydrogen-bond donors (Lipinski definition) is 2. The van der Waals surface area contributed by atoms with Gasteiger partial charge in [0, 0.05) is 4.47 Å². The van der Waals surface area contributed by atoms with Crippen LogP contribution in [0.5, 0.6) is 0 Å². The van der Waals surface area contributed by atoms with E-state index in [0.717, 1.165) is 6.07 Å². The van der Waals surface area contributed by atoms with E-state index >= 15 is 0 Å². The first-order valence-electron chi connectivity index (χ1n) is 5.74. The van der Waals surface area contributed by atoms with Crippen LogP contribution in [0.4, 0.5) is 26.3 Å². The van der Waals surface area contributed by atoms with Gasteiger partial charge in [0.25, 0.3) is 0 Å². The molecule has 2 nitrogen and oxygen atoms in total. The van der Waals surface area contributed by atoms with Crippen LogP contribution in [0.2, 0.25) is 0 Å². The van der Waals surface area contributed by atoms with Crippen molar-refractivity contribution in [3.63, 3.8) is 0 Å². The normalized spacial score (nSPS) is 17.6. The maximum atomic E-state index is 13.0. The van der Waals surface area contributed by atoms with E-state index in [-0.39, 0.29) is 10.0 Å². The fourth-order valence-corrected chi connectivity index (χ4v) is 2.54. The van der Waals surface area contributed by atoms with Crippen molar-refractivity contribution >= 4 is 39.5 Å². The summed E-state index contributed by atoms with van der Waals surface area (Å²) < 4.78 is 76.5. The van der Waals surface area contributed by atoms with E-state index in [1.54, 1.807) is 0 Å². The fourth-order valence-electron chi connectivity index (χ4n) is 1.82. The van der Waals surface area contributed by atoms with Gasteiger partial charge >= 0.3 is 12.4 Å². The van der Waals surface area contributed by atoms with Crippen molar-refractivity contribution in [3.8, 4) is 0 Å². The highest BCUT2D eigenvalue weighted by atomic mass is 79.9. The van der Waals surface area contributed by atoms with Crippen LogP contribution in [0.1, 0.15) is 11.1 Å². The number of rotatable bonds is 3. The first kappa shape index (κ1) is 20.4. The Balaban J connectivity index is 3.56. The van der Waals surface area contributed by atoms with Crippen molar-refractivity contribution in [2.45, 2.75) is 29.2 Å². The molecule has 2 atom stereocenters. The van der Waals surface area contributed by atoms with Gasteiger partial charge in [-0.1, -0.05) is 33.6 Å². The number of hydrogen-bond acceptors (Lipinski definition) is 2. The monoisotopic (exact) mass is 396 g/mol. The molecule has 2 N–H and O–H groups in total. The van der Waals surface area contributed by atoms with Crippen LogP contribution in [0.3, 0.4) is 0 Å². The molecule has 6 radical (unpaired) electrons. The van der Waals surface area contributed by atoms with Crippen molar-refractivity contribution in [1.82, 2.24) is 0 Å². The minimum Gasteiger partial charge on any atom is -0.381 e. The highest BCUT2D eigenvalue weighted by Gasteiger charge is 2.67. The van der Waals surface area contributed by atoms with Crippen molar-refractivity contribution in [3.05, 3.63) is 33.8 Å². The molecule has 0 saturated heterocycles. The molecule has 0 spiro atoms. The zero-order valence-corrected chi connectivity index (χ0v) is 12.7. The molecule has 0 saturated carbocycles. The Morgan fingerprint density at radius 1 is 1.00 bits per heavy atom. The fraction of sp³-hybridized carbons (Fsp3) is 0.455. The number of aliphatic hydroxyl groups is 2. The average Bonchev–Trinajstić information content (AvgIpc) is 2.32. The molecule has 1 rings (SSSR count). The maximum Gasteiger partial charge on any atom is 0.424 e. The van der Waals surface area contributed by atoms with E-state index in [2.05, 4.69) is 15.9 Å². The number of benzene rings is 1. The smallest absolute Gasteiger partial charge is 0.381 e. The molecule has 0 aliphatic carbocycles. The summed E-state index contributed by atoms with van der Waals surface area (Å²) in [6.45, 7) is 0. The molecule has 0 aliphatic rings. The van der Waals surface area contributed by atoms with E-state index < -0.39 is 34.7 Å². The lowest BCUT2D eigenvalue weighted by atomic mass is 9.40. The van der Waals surface area contributed by atoms with E-state index in [9.17, 15) is 31.4 Å². The largest absolute Gasteiger partial charge is 0.424 e. The van der Waals surface area contributed by atoms with Gasteiger partial charge in [0.05, 0.1) is 23.5 Å². The zero-order chi connectivity index (χ0) is 18.4. The van der Waals surface area contributed by atoms with Crippen LogP contribution >= 0.6 is 15.9 Å². The second kappa shape index (κ2) is 6.04. The Labute approximate surface area is 139 Å². The standard InChI is InChI=1S/C11H6B3BrF6O2/c12-9(13,14)5-2-1-4(3-6(5)15)8(23,11(19,20)21)7(22)10(16,17)18/h1-3,7,22-23H.